The van der Waals surface area contributed by atoms with Crippen LogP contribution in [0.5, 0.6) is 5.75 Å². The summed E-state index contributed by atoms with van der Waals surface area (Å²) in [7, 11) is 1.57. The molecule has 2 N–H and O–H groups in total. The number of carbonyl (C=O) groups excluding carboxylic acids is 2. The fourth-order valence-corrected chi connectivity index (χ4v) is 2.04. The Labute approximate surface area is 139 Å². The van der Waals surface area contributed by atoms with Gasteiger partial charge in [0.25, 0.3) is 0 Å². The van der Waals surface area contributed by atoms with Gasteiger partial charge in [0.2, 0.25) is 0 Å². The Balaban J connectivity index is 1.80. The zero-order valence-electron chi connectivity index (χ0n) is 12.6. The van der Waals surface area contributed by atoms with Crippen LogP contribution in [0.25, 0.3) is 0 Å². The normalized spacial score (nSPS) is 10.0. The van der Waals surface area contributed by atoms with Crippen molar-refractivity contribution in [3.63, 3.8) is 0 Å². The van der Waals surface area contributed by atoms with Gasteiger partial charge in [0, 0.05) is 18.1 Å². The summed E-state index contributed by atoms with van der Waals surface area (Å²) in [4.78, 5) is 23.5. The zero-order valence-corrected chi connectivity index (χ0v) is 13.4. The number of benzene rings is 2. The first-order chi connectivity index (χ1) is 11.1. The van der Waals surface area contributed by atoms with Gasteiger partial charge in [-0.1, -0.05) is 35.9 Å². The van der Waals surface area contributed by atoms with Gasteiger partial charge in [0.05, 0.1) is 7.11 Å². The highest BCUT2D eigenvalue weighted by Gasteiger charge is 2.12. The van der Waals surface area contributed by atoms with E-state index in [-0.39, 0.29) is 13.1 Å². The summed E-state index contributed by atoms with van der Waals surface area (Å²) in [6.45, 7) is 0.521. The Hall–Kier alpha value is -2.53. The number of amides is 2. The van der Waals surface area contributed by atoms with Gasteiger partial charge in [-0.2, -0.15) is 0 Å². The molecule has 0 unspecified atom stereocenters. The van der Waals surface area contributed by atoms with E-state index in [0.717, 1.165) is 11.1 Å². The summed E-state index contributed by atoms with van der Waals surface area (Å²) in [5.74, 6) is -0.659. The molecule has 0 bridgehead atoms. The van der Waals surface area contributed by atoms with Gasteiger partial charge >= 0.3 is 11.8 Å². The molecular weight excluding hydrogens is 316 g/mol. The fourth-order valence-electron chi connectivity index (χ4n) is 1.91. The largest absolute Gasteiger partial charge is 0.497 e. The maximum atomic E-state index is 11.8. The predicted molar refractivity (Wildman–Crippen MR) is 88.1 cm³/mol. The molecule has 0 saturated carbocycles. The molecule has 2 amide bonds. The molecule has 0 aliphatic rings. The molecule has 0 aliphatic heterocycles. The number of rotatable bonds is 5. The first kappa shape index (κ1) is 16.8. The lowest BCUT2D eigenvalue weighted by Crippen LogP contribution is -2.39. The standard InChI is InChI=1S/C17H17ClN2O3/c1-23-15-4-2-3-13(9-15)11-20-17(22)16(21)19-10-12-5-7-14(18)8-6-12/h2-9H,10-11H2,1H3,(H,19,21)(H,20,22). The third kappa shape index (κ3) is 5.30. The highest BCUT2D eigenvalue weighted by molar-refractivity contribution is 6.35. The van der Waals surface area contributed by atoms with Crippen molar-refractivity contribution < 1.29 is 14.3 Å². The third-order valence-corrected chi connectivity index (χ3v) is 3.41. The molecule has 2 rings (SSSR count). The van der Waals surface area contributed by atoms with Crippen LogP contribution in [0.2, 0.25) is 5.02 Å². The minimum absolute atomic E-state index is 0.254. The van der Waals surface area contributed by atoms with Gasteiger partial charge in [-0.05, 0) is 35.4 Å². The van der Waals surface area contributed by atoms with Crippen LogP contribution >= 0.6 is 11.6 Å². The maximum absolute atomic E-state index is 11.8. The highest BCUT2D eigenvalue weighted by atomic mass is 35.5. The molecule has 0 spiro atoms. The molecule has 2 aromatic carbocycles. The molecule has 0 atom stereocenters. The number of ether oxygens (including phenoxy) is 1. The zero-order chi connectivity index (χ0) is 16.7. The average molecular weight is 333 g/mol. The monoisotopic (exact) mass is 332 g/mol. The van der Waals surface area contributed by atoms with Crippen LogP contribution in [0.4, 0.5) is 0 Å². The first-order valence-corrected chi connectivity index (χ1v) is 7.39. The lowest BCUT2D eigenvalue weighted by atomic mass is 10.2. The van der Waals surface area contributed by atoms with Crippen molar-refractivity contribution in [2.24, 2.45) is 0 Å². The van der Waals surface area contributed by atoms with Crippen LogP contribution in [0.15, 0.2) is 48.5 Å². The van der Waals surface area contributed by atoms with Crippen LogP contribution in [-0.4, -0.2) is 18.9 Å². The molecule has 0 aliphatic carbocycles. The van der Waals surface area contributed by atoms with E-state index in [2.05, 4.69) is 10.6 Å². The van der Waals surface area contributed by atoms with Gasteiger partial charge in [-0.3, -0.25) is 9.59 Å². The second-order valence-electron chi connectivity index (χ2n) is 4.84. The van der Waals surface area contributed by atoms with Crippen LogP contribution < -0.4 is 15.4 Å². The predicted octanol–water partition coefficient (Wildman–Crippen LogP) is 2.28. The highest BCUT2D eigenvalue weighted by Crippen LogP contribution is 2.12. The molecule has 23 heavy (non-hydrogen) atoms. The lowest BCUT2D eigenvalue weighted by molar-refractivity contribution is -0.139. The lowest BCUT2D eigenvalue weighted by Gasteiger charge is -2.08. The molecule has 120 valence electrons. The second-order valence-corrected chi connectivity index (χ2v) is 5.28. The number of halogens is 1. The Kier molecular flexibility index (Phi) is 6.00. The van der Waals surface area contributed by atoms with E-state index < -0.39 is 11.8 Å². The summed E-state index contributed by atoms with van der Waals surface area (Å²) >= 11 is 5.79. The molecule has 0 heterocycles. The number of nitrogens with one attached hydrogen (secondary N) is 2. The van der Waals surface area contributed by atoms with Crippen LogP contribution in [0.1, 0.15) is 11.1 Å². The summed E-state index contributed by atoms with van der Waals surface area (Å²) in [6, 6.07) is 14.3. The summed E-state index contributed by atoms with van der Waals surface area (Å²) in [6.07, 6.45) is 0. The Morgan fingerprint density at radius 3 is 2.17 bits per heavy atom. The van der Waals surface area contributed by atoms with Crippen molar-refractivity contribution >= 4 is 23.4 Å². The Morgan fingerprint density at radius 1 is 0.957 bits per heavy atom. The van der Waals surface area contributed by atoms with Crippen molar-refractivity contribution in [3.05, 3.63) is 64.7 Å². The van der Waals surface area contributed by atoms with Crippen LogP contribution in [0, 0.1) is 0 Å². The fraction of sp³-hybridized carbons (Fsp3) is 0.176. The molecule has 5 nitrogen and oxygen atoms in total. The molecule has 6 heteroatoms. The average Bonchev–Trinajstić information content (AvgIpc) is 2.59. The van der Waals surface area contributed by atoms with Crippen molar-refractivity contribution in [1.29, 1.82) is 0 Å². The maximum Gasteiger partial charge on any atom is 0.309 e. The number of methoxy groups -OCH3 is 1. The topological polar surface area (TPSA) is 67.4 Å². The van der Waals surface area contributed by atoms with Crippen molar-refractivity contribution in [3.8, 4) is 5.75 Å². The van der Waals surface area contributed by atoms with E-state index in [1.54, 1.807) is 37.4 Å². The minimum Gasteiger partial charge on any atom is -0.497 e. The van der Waals surface area contributed by atoms with Crippen molar-refractivity contribution in [2.45, 2.75) is 13.1 Å². The molecule has 0 aromatic heterocycles. The summed E-state index contributed by atoms with van der Waals surface area (Å²) < 4.78 is 5.10. The van der Waals surface area contributed by atoms with Crippen molar-refractivity contribution in [1.82, 2.24) is 10.6 Å². The van der Waals surface area contributed by atoms with Gasteiger partial charge in [0.15, 0.2) is 0 Å². The number of hydrogen-bond acceptors (Lipinski definition) is 3. The van der Waals surface area contributed by atoms with Gasteiger partial charge < -0.3 is 15.4 Å². The van der Waals surface area contributed by atoms with E-state index in [0.29, 0.717) is 10.8 Å². The smallest absolute Gasteiger partial charge is 0.309 e. The van der Waals surface area contributed by atoms with Gasteiger partial charge in [0.1, 0.15) is 5.75 Å². The number of hydrogen-bond donors (Lipinski definition) is 2. The van der Waals surface area contributed by atoms with E-state index in [4.69, 9.17) is 16.3 Å². The minimum atomic E-state index is -0.679. The first-order valence-electron chi connectivity index (χ1n) is 7.02. The van der Waals surface area contributed by atoms with Crippen LogP contribution in [0.3, 0.4) is 0 Å². The van der Waals surface area contributed by atoms with E-state index in [1.807, 2.05) is 18.2 Å². The summed E-state index contributed by atoms with van der Waals surface area (Å²) in [5.41, 5.74) is 1.71. The molecular formula is C17H17ClN2O3. The van der Waals surface area contributed by atoms with E-state index in [1.165, 1.54) is 0 Å². The molecule has 0 saturated heterocycles. The summed E-state index contributed by atoms with van der Waals surface area (Å²) in [5, 5.41) is 5.75. The van der Waals surface area contributed by atoms with Crippen LogP contribution in [-0.2, 0) is 22.7 Å². The quantitative estimate of drug-likeness (QED) is 0.825. The van der Waals surface area contributed by atoms with E-state index >= 15 is 0 Å². The molecule has 2 aromatic rings. The van der Waals surface area contributed by atoms with E-state index in [9.17, 15) is 9.59 Å². The Bertz CT molecular complexity index is 686. The third-order valence-electron chi connectivity index (χ3n) is 3.16. The number of carbonyl (C=O) groups is 2. The van der Waals surface area contributed by atoms with Crippen molar-refractivity contribution in [2.75, 3.05) is 7.11 Å². The second kappa shape index (κ2) is 8.19. The SMILES string of the molecule is COc1cccc(CNC(=O)C(=O)NCc2ccc(Cl)cc2)c1. The van der Waals surface area contributed by atoms with Gasteiger partial charge in [-0.15, -0.1) is 0 Å². The molecule has 0 radical (unpaired) electrons. The Morgan fingerprint density at radius 2 is 1.57 bits per heavy atom. The van der Waals surface area contributed by atoms with Gasteiger partial charge in [-0.25, -0.2) is 0 Å². The molecule has 0 fully saturated rings.